The Hall–Kier alpha value is -1.84. The molecule has 0 saturated heterocycles. The molecule has 0 unspecified atom stereocenters. The molecule has 0 bridgehead atoms. The number of halogens is 2. The summed E-state index contributed by atoms with van der Waals surface area (Å²) in [6.45, 7) is 0. The molecule has 0 saturated carbocycles. The van der Waals surface area contributed by atoms with Gasteiger partial charge in [-0.3, -0.25) is 4.40 Å². The maximum absolute atomic E-state index is 6.18. The second-order valence-corrected chi connectivity index (χ2v) is 6.04. The lowest BCUT2D eigenvalue weighted by atomic mass is 10.2. The molecule has 2 aromatic heterocycles. The number of imidazole rings is 1. The molecule has 4 aromatic rings. The highest BCUT2D eigenvalue weighted by molar-refractivity contribution is 9.10. The lowest BCUT2D eigenvalue weighted by molar-refractivity contribution is 1.21. The molecule has 2 nitrogen and oxygen atoms in total. The van der Waals surface area contributed by atoms with Gasteiger partial charge in [-0.15, -0.1) is 0 Å². The second-order valence-electron chi connectivity index (χ2n) is 4.85. The summed E-state index contributed by atoms with van der Waals surface area (Å²) in [5.74, 6) is 0.908. The van der Waals surface area contributed by atoms with Crippen molar-refractivity contribution in [2.24, 2.45) is 0 Å². The predicted octanol–water partition coefficient (Wildman–Crippen LogP) is 5.57. The second kappa shape index (κ2) is 4.86. The van der Waals surface area contributed by atoms with Crippen LogP contribution in [0.25, 0.3) is 27.8 Å². The fourth-order valence-electron chi connectivity index (χ4n) is 2.59. The van der Waals surface area contributed by atoms with Crippen molar-refractivity contribution in [3.05, 3.63) is 70.3 Å². The summed E-state index contributed by atoms with van der Waals surface area (Å²) >= 11 is 9.73. The molecule has 2 aromatic carbocycles. The highest BCUT2D eigenvalue weighted by Gasteiger charge is 2.13. The maximum Gasteiger partial charge on any atom is 0.146 e. The lowest BCUT2D eigenvalue weighted by Crippen LogP contribution is -1.92. The van der Waals surface area contributed by atoms with Gasteiger partial charge in [0.1, 0.15) is 10.4 Å². The lowest BCUT2D eigenvalue weighted by Gasteiger charge is -2.06. The molecule has 4 rings (SSSR count). The Morgan fingerprint density at radius 3 is 2.48 bits per heavy atom. The predicted molar refractivity (Wildman–Crippen MR) is 90.8 cm³/mol. The highest BCUT2D eigenvalue weighted by atomic mass is 79.9. The molecule has 21 heavy (non-hydrogen) atoms. The van der Waals surface area contributed by atoms with Crippen LogP contribution in [0.2, 0.25) is 5.02 Å². The molecule has 0 aliphatic rings. The smallest absolute Gasteiger partial charge is 0.146 e. The van der Waals surface area contributed by atoms with Crippen LogP contribution in [0.1, 0.15) is 0 Å². The number of pyridine rings is 1. The van der Waals surface area contributed by atoms with Crippen LogP contribution in [0.5, 0.6) is 0 Å². The zero-order valence-corrected chi connectivity index (χ0v) is 13.3. The largest absolute Gasteiger partial charge is 0.291 e. The fourth-order valence-corrected chi connectivity index (χ4v) is 3.24. The summed E-state index contributed by atoms with van der Waals surface area (Å²) in [6, 6.07) is 20.2. The maximum atomic E-state index is 6.18. The van der Waals surface area contributed by atoms with E-state index in [0.717, 1.165) is 37.4 Å². The standard InChI is InChI=1S/C17H10BrClN2/c18-16-14-9-7-11-6-8-13(19)10-15(11)21(14)17(20-16)12-4-2-1-3-5-12/h1-10H. The van der Waals surface area contributed by atoms with Crippen molar-refractivity contribution < 1.29 is 0 Å². The van der Waals surface area contributed by atoms with Crippen molar-refractivity contribution in [1.82, 2.24) is 9.38 Å². The minimum atomic E-state index is 0.721. The average molecular weight is 358 g/mol. The van der Waals surface area contributed by atoms with Crippen molar-refractivity contribution in [3.8, 4) is 11.4 Å². The molecule has 0 amide bonds. The third kappa shape index (κ3) is 2.04. The quantitative estimate of drug-likeness (QED) is 0.435. The van der Waals surface area contributed by atoms with E-state index >= 15 is 0 Å². The Morgan fingerprint density at radius 2 is 1.67 bits per heavy atom. The average Bonchev–Trinajstić information content (AvgIpc) is 2.86. The van der Waals surface area contributed by atoms with E-state index in [-0.39, 0.29) is 0 Å². The monoisotopic (exact) mass is 356 g/mol. The first-order valence-electron chi connectivity index (χ1n) is 6.56. The van der Waals surface area contributed by atoms with E-state index in [4.69, 9.17) is 11.6 Å². The van der Waals surface area contributed by atoms with E-state index in [1.165, 1.54) is 0 Å². The van der Waals surface area contributed by atoms with Crippen molar-refractivity contribution in [2.45, 2.75) is 0 Å². The molecule has 2 heterocycles. The van der Waals surface area contributed by atoms with E-state index < -0.39 is 0 Å². The van der Waals surface area contributed by atoms with Crippen molar-refractivity contribution in [1.29, 1.82) is 0 Å². The Labute approximate surface area is 135 Å². The normalized spacial score (nSPS) is 11.3. The van der Waals surface area contributed by atoms with Gasteiger partial charge in [-0.1, -0.05) is 54.1 Å². The van der Waals surface area contributed by atoms with E-state index in [2.05, 4.69) is 49.6 Å². The van der Waals surface area contributed by atoms with Crippen LogP contribution in [-0.4, -0.2) is 9.38 Å². The Kier molecular flexibility index (Phi) is 2.98. The molecule has 0 radical (unpaired) electrons. The van der Waals surface area contributed by atoms with E-state index in [0.29, 0.717) is 0 Å². The number of rotatable bonds is 1. The number of fused-ring (bicyclic) bond motifs is 3. The highest BCUT2D eigenvalue weighted by Crippen LogP contribution is 2.31. The summed E-state index contributed by atoms with van der Waals surface area (Å²) in [6.07, 6.45) is 0. The van der Waals surface area contributed by atoms with Crippen LogP contribution in [0, 0.1) is 0 Å². The SMILES string of the molecule is Clc1ccc2ccc3c(Br)nc(-c4ccccc4)n3c2c1. The van der Waals surface area contributed by atoms with E-state index in [1.54, 1.807) is 0 Å². The first-order chi connectivity index (χ1) is 10.2. The third-order valence-corrected chi connectivity index (χ3v) is 4.37. The van der Waals surface area contributed by atoms with Gasteiger partial charge in [0, 0.05) is 10.6 Å². The third-order valence-electron chi connectivity index (χ3n) is 3.55. The molecule has 0 atom stereocenters. The summed E-state index contributed by atoms with van der Waals surface area (Å²) < 4.78 is 2.98. The first-order valence-corrected chi connectivity index (χ1v) is 7.73. The molecule has 0 aliphatic heterocycles. The Bertz CT molecular complexity index is 961. The van der Waals surface area contributed by atoms with Crippen LogP contribution in [0.15, 0.2) is 65.3 Å². The van der Waals surface area contributed by atoms with Crippen molar-refractivity contribution in [2.75, 3.05) is 0 Å². The van der Waals surface area contributed by atoms with Crippen LogP contribution in [-0.2, 0) is 0 Å². The molecule has 0 aliphatic carbocycles. The fraction of sp³-hybridized carbons (Fsp3) is 0. The van der Waals surface area contributed by atoms with Crippen LogP contribution >= 0.6 is 27.5 Å². The number of nitrogens with zero attached hydrogens (tertiary/aromatic N) is 2. The number of hydrogen-bond acceptors (Lipinski definition) is 1. The summed E-state index contributed by atoms with van der Waals surface area (Å²) in [5.41, 5.74) is 3.16. The molecule has 102 valence electrons. The first kappa shape index (κ1) is 12.9. The zero-order chi connectivity index (χ0) is 14.4. The minimum Gasteiger partial charge on any atom is -0.291 e. The molecule has 4 heteroatoms. The van der Waals surface area contributed by atoms with Gasteiger partial charge in [0.15, 0.2) is 0 Å². The van der Waals surface area contributed by atoms with Crippen LogP contribution < -0.4 is 0 Å². The van der Waals surface area contributed by atoms with E-state index in [9.17, 15) is 0 Å². The Balaban J connectivity index is 2.19. The van der Waals surface area contributed by atoms with Gasteiger partial charge in [0.25, 0.3) is 0 Å². The number of hydrogen-bond donors (Lipinski definition) is 0. The van der Waals surface area contributed by atoms with Crippen LogP contribution in [0.3, 0.4) is 0 Å². The van der Waals surface area contributed by atoms with Gasteiger partial charge in [-0.05, 0) is 39.5 Å². The van der Waals surface area contributed by atoms with Crippen molar-refractivity contribution in [3.63, 3.8) is 0 Å². The summed E-state index contributed by atoms with van der Waals surface area (Å²) in [4.78, 5) is 4.68. The van der Waals surface area contributed by atoms with Crippen LogP contribution in [0.4, 0.5) is 0 Å². The summed E-state index contributed by atoms with van der Waals surface area (Å²) in [7, 11) is 0. The minimum absolute atomic E-state index is 0.721. The van der Waals surface area contributed by atoms with Gasteiger partial charge in [0.05, 0.1) is 11.0 Å². The van der Waals surface area contributed by atoms with Gasteiger partial charge in [0.2, 0.25) is 0 Å². The molecule has 0 fully saturated rings. The zero-order valence-electron chi connectivity index (χ0n) is 10.9. The molecule has 0 spiro atoms. The Morgan fingerprint density at radius 1 is 0.905 bits per heavy atom. The molecule has 0 N–H and O–H groups in total. The van der Waals surface area contributed by atoms with Gasteiger partial charge in [-0.25, -0.2) is 4.98 Å². The van der Waals surface area contributed by atoms with Gasteiger partial charge in [-0.2, -0.15) is 0 Å². The molecular weight excluding hydrogens is 348 g/mol. The number of benzene rings is 2. The van der Waals surface area contributed by atoms with Gasteiger partial charge >= 0.3 is 0 Å². The number of aromatic nitrogens is 2. The van der Waals surface area contributed by atoms with Gasteiger partial charge < -0.3 is 0 Å². The topological polar surface area (TPSA) is 17.3 Å². The molecular formula is C17H10BrClN2. The van der Waals surface area contributed by atoms with E-state index in [1.807, 2.05) is 36.4 Å². The summed E-state index contributed by atoms with van der Waals surface area (Å²) in [5, 5.41) is 1.85. The van der Waals surface area contributed by atoms with Crippen molar-refractivity contribution >= 4 is 44.0 Å².